The van der Waals surface area contributed by atoms with Crippen LogP contribution in [0.25, 0.3) is 0 Å². The number of urea groups is 1. The molecule has 1 aliphatic heterocycles. The Morgan fingerprint density at radius 3 is 2.68 bits per heavy atom. The second kappa shape index (κ2) is 7.30. The molecule has 0 aliphatic carbocycles. The Morgan fingerprint density at radius 2 is 2.21 bits per heavy atom. The Kier molecular flexibility index (Phi) is 6.04. The van der Waals surface area contributed by atoms with Crippen molar-refractivity contribution in [1.29, 1.82) is 0 Å². The van der Waals surface area contributed by atoms with Crippen LogP contribution < -0.4 is 5.32 Å². The molecule has 110 valence electrons. The van der Waals surface area contributed by atoms with Crippen LogP contribution in [-0.4, -0.2) is 78.4 Å². The molecule has 3 N–H and O–H groups in total. The fraction of sp³-hybridized carbons (Fsp3) is 0.833. The summed E-state index contributed by atoms with van der Waals surface area (Å²) in [7, 11) is 3.70. The molecule has 1 saturated heterocycles. The van der Waals surface area contributed by atoms with E-state index in [1.165, 1.54) is 4.90 Å². The highest BCUT2D eigenvalue weighted by Crippen LogP contribution is 2.15. The topological polar surface area (TPSA) is 93.1 Å². The van der Waals surface area contributed by atoms with E-state index in [-0.39, 0.29) is 13.0 Å². The number of aliphatic hydroxyl groups is 1. The van der Waals surface area contributed by atoms with Crippen molar-refractivity contribution in [1.82, 2.24) is 15.1 Å². The normalized spacial score (nSPS) is 21.1. The van der Waals surface area contributed by atoms with E-state index in [1.54, 1.807) is 7.05 Å². The maximum Gasteiger partial charge on any atom is 0.326 e. The number of rotatable bonds is 6. The minimum atomic E-state index is -1.13. The van der Waals surface area contributed by atoms with Crippen LogP contribution in [0.2, 0.25) is 0 Å². The molecule has 0 saturated carbocycles. The molecule has 1 heterocycles. The van der Waals surface area contributed by atoms with Gasteiger partial charge in [-0.05, 0) is 25.9 Å². The molecule has 0 bridgehead atoms. The number of amides is 2. The van der Waals surface area contributed by atoms with Gasteiger partial charge in [-0.3, -0.25) is 0 Å². The summed E-state index contributed by atoms with van der Waals surface area (Å²) in [5.41, 5.74) is 0. The van der Waals surface area contributed by atoms with E-state index in [4.69, 9.17) is 10.2 Å². The number of likely N-dealkylation sites (tertiary alicyclic amines) is 1. The van der Waals surface area contributed by atoms with Crippen LogP contribution in [0.15, 0.2) is 0 Å². The largest absolute Gasteiger partial charge is 0.480 e. The number of aliphatic carboxylic acids is 1. The molecule has 2 amide bonds. The fourth-order valence-corrected chi connectivity index (χ4v) is 2.29. The van der Waals surface area contributed by atoms with Crippen LogP contribution >= 0.6 is 0 Å². The standard InChI is InChI=1S/C12H23N3O4/c1-14-5-3-9(7-14)8-15(2)12(19)13-10(4-6-16)11(17)18/h9-10,16H,3-8H2,1-2H3,(H,13,19)(H,17,18)/t9?,10-/m1/s1. The van der Waals surface area contributed by atoms with Crippen molar-refractivity contribution >= 4 is 12.0 Å². The molecule has 19 heavy (non-hydrogen) atoms. The van der Waals surface area contributed by atoms with Crippen molar-refractivity contribution in [2.24, 2.45) is 5.92 Å². The minimum Gasteiger partial charge on any atom is -0.480 e. The van der Waals surface area contributed by atoms with E-state index in [1.807, 2.05) is 7.05 Å². The first kappa shape index (κ1) is 15.7. The van der Waals surface area contributed by atoms with Gasteiger partial charge in [0.05, 0.1) is 0 Å². The van der Waals surface area contributed by atoms with Crippen molar-refractivity contribution in [2.75, 3.05) is 40.3 Å². The van der Waals surface area contributed by atoms with Crippen LogP contribution in [0.3, 0.4) is 0 Å². The Balaban J connectivity index is 2.40. The molecular formula is C12H23N3O4. The van der Waals surface area contributed by atoms with Crippen LogP contribution in [0.4, 0.5) is 4.79 Å². The predicted octanol–water partition coefficient (Wildman–Crippen LogP) is -0.585. The summed E-state index contributed by atoms with van der Waals surface area (Å²) < 4.78 is 0. The second-order valence-electron chi connectivity index (χ2n) is 5.15. The van der Waals surface area contributed by atoms with E-state index >= 15 is 0 Å². The van der Waals surface area contributed by atoms with E-state index < -0.39 is 18.0 Å². The van der Waals surface area contributed by atoms with Crippen molar-refractivity contribution in [3.05, 3.63) is 0 Å². The van der Waals surface area contributed by atoms with Gasteiger partial charge in [0.2, 0.25) is 0 Å². The lowest BCUT2D eigenvalue weighted by Crippen LogP contribution is -2.48. The van der Waals surface area contributed by atoms with Gasteiger partial charge in [-0.2, -0.15) is 0 Å². The molecule has 7 nitrogen and oxygen atoms in total. The second-order valence-corrected chi connectivity index (χ2v) is 5.15. The number of nitrogens with one attached hydrogen (secondary N) is 1. The molecule has 0 aromatic rings. The smallest absolute Gasteiger partial charge is 0.326 e. The highest BCUT2D eigenvalue weighted by Gasteiger charge is 2.25. The third kappa shape index (κ3) is 5.04. The number of nitrogens with zero attached hydrogens (tertiary/aromatic N) is 2. The number of aliphatic hydroxyl groups excluding tert-OH is 1. The van der Waals surface area contributed by atoms with Gasteiger partial charge in [0, 0.05) is 33.2 Å². The van der Waals surface area contributed by atoms with Gasteiger partial charge >= 0.3 is 12.0 Å². The van der Waals surface area contributed by atoms with Gasteiger partial charge in [0.25, 0.3) is 0 Å². The molecule has 1 unspecified atom stereocenters. The third-order valence-corrected chi connectivity index (χ3v) is 3.38. The van der Waals surface area contributed by atoms with Gasteiger partial charge in [-0.1, -0.05) is 0 Å². The molecular weight excluding hydrogens is 250 g/mol. The summed E-state index contributed by atoms with van der Waals surface area (Å²) in [5, 5.41) is 20.1. The van der Waals surface area contributed by atoms with E-state index in [0.29, 0.717) is 12.5 Å². The number of hydrogen-bond acceptors (Lipinski definition) is 4. The summed E-state index contributed by atoms with van der Waals surface area (Å²) in [6, 6.07) is -1.44. The first-order valence-electron chi connectivity index (χ1n) is 6.48. The molecule has 2 atom stereocenters. The zero-order valence-electron chi connectivity index (χ0n) is 11.5. The highest BCUT2D eigenvalue weighted by atomic mass is 16.4. The summed E-state index contributed by atoms with van der Waals surface area (Å²) in [6.07, 6.45) is 1.06. The fourth-order valence-electron chi connectivity index (χ4n) is 2.29. The maximum absolute atomic E-state index is 11.9. The Morgan fingerprint density at radius 1 is 1.53 bits per heavy atom. The van der Waals surface area contributed by atoms with Crippen LogP contribution in [0.5, 0.6) is 0 Å². The Bertz CT molecular complexity index is 324. The average Bonchev–Trinajstić information content (AvgIpc) is 2.73. The zero-order valence-corrected chi connectivity index (χ0v) is 11.5. The van der Waals surface area contributed by atoms with E-state index in [2.05, 4.69) is 10.2 Å². The lowest BCUT2D eigenvalue weighted by Gasteiger charge is -2.23. The molecule has 1 aliphatic rings. The molecule has 7 heteroatoms. The number of carboxylic acids is 1. The lowest BCUT2D eigenvalue weighted by atomic mass is 10.1. The average molecular weight is 273 g/mol. The Hall–Kier alpha value is -1.34. The number of carboxylic acid groups (broad SMARTS) is 1. The number of carbonyl (C=O) groups is 2. The number of carbonyl (C=O) groups excluding carboxylic acids is 1. The van der Waals surface area contributed by atoms with Gasteiger partial charge in [0.1, 0.15) is 6.04 Å². The van der Waals surface area contributed by atoms with Gasteiger partial charge in [-0.15, -0.1) is 0 Å². The van der Waals surface area contributed by atoms with E-state index in [0.717, 1.165) is 19.5 Å². The quantitative estimate of drug-likeness (QED) is 0.602. The number of hydrogen-bond donors (Lipinski definition) is 3. The SMILES string of the molecule is CN1CCC(CN(C)C(=O)N[C@H](CCO)C(=O)O)C1. The molecule has 0 aromatic carbocycles. The minimum absolute atomic E-state index is 0.0150. The molecule has 1 fully saturated rings. The lowest BCUT2D eigenvalue weighted by molar-refractivity contribution is -0.139. The van der Waals surface area contributed by atoms with Crippen molar-refractivity contribution in [3.63, 3.8) is 0 Å². The third-order valence-electron chi connectivity index (χ3n) is 3.38. The summed E-state index contributed by atoms with van der Waals surface area (Å²) in [5.74, 6) is -0.696. The van der Waals surface area contributed by atoms with Crippen molar-refractivity contribution < 1.29 is 19.8 Å². The maximum atomic E-state index is 11.9. The molecule has 0 radical (unpaired) electrons. The highest BCUT2D eigenvalue weighted by molar-refractivity contribution is 5.82. The molecule has 1 rings (SSSR count). The zero-order chi connectivity index (χ0) is 14.4. The van der Waals surface area contributed by atoms with Gasteiger partial charge in [-0.25, -0.2) is 9.59 Å². The van der Waals surface area contributed by atoms with Crippen LogP contribution in [-0.2, 0) is 4.79 Å². The molecule has 0 aromatic heterocycles. The molecule has 0 spiro atoms. The summed E-state index contributed by atoms with van der Waals surface area (Å²) in [4.78, 5) is 26.5. The Labute approximate surface area is 113 Å². The first-order chi connectivity index (χ1) is 8.93. The van der Waals surface area contributed by atoms with Gasteiger partial charge in [0.15, 0.2) is 0 Å². The summed E-state index contributed by atoms with van der Waals surface area (Å²) >= 11 is 0. The predicted molar refractivity (Wildman–Crippen MR) is 69.9 cm³/mol. The van der Waals surface area contributed by atoms with Crippen molar-refractivity contribution in [2.45, 2.75) is 18.9 Å². The van der Waals surface area contributed by atoms with E-state index in [9.17, 15) is 9.59 Å². The van der Waals surface area contributed by atoms with Gasteiger partial charge < -0.3 is 25.3 Å². The monoisotopic (exact) mass is 273 g/mol. The first-order valence-corrected chi connectivity index (χ1v) is 6.48. The van der Waals surface area contributed by atoms with Crippen LogP contribution in [0, 0.1) is 5.92 Å². The van der Waals surface area contributed by atoms with Crippen LogP contribution in [0.1, 0.15) is 12.8 Å². The van der Waals surface area contributed by atoms with Crippen molar-refractivity contribution in [3.8, 4) is 0 Å². The summed E-state index contributed by atoms with van der Waals surface area (Å²) in [6.45, 7) is 2.33.